The van der Waals surface area contributed by atoms with Crippen LogP contribution in [0.1, 0.15) is 18.9 Å². The van der Waals surface area contributed by atoms with Crippen molar-refractivity contribution in [3.05, 3.63) is 53.6 Å². The summed E-state index contributed by atoms with van der Waals surface area (Å²) in [6.07, 6.45) is 6.43. The molecule has 1 aromatic carbocycles. The zero-order valence-corrected chi connectivity index (χ0v) is 15.4. The summed E-state index contributed by atoms with van der Waals surface area (Å²) in [7, 11) is 0. The number of ether oxygens (including phenoxy) is 2. The van der Waals surface area contributed by atoms with Gasteiger partial charge in [-0.15, -0.1) is 11.6 Å². The normalized spacial score (nSPS) is 17.3. The minimum absolute atomic E-state index is 0.0123. The fourth-order valence-corrected chi connectivity index (χ4v) is 2.72. The highest BCUT2D eigenvalue weighted by atomic mass is 35.5. The van der Waals surface area contributed by atoms with Gasteiger partial charge in [-0.3, -0.25) is 0 Å². The monoisotopic (exact) mass is 367 g/mol. The molecule has 0 radical (unpaired) electrons. The van der Waals surface area contributed by atoms with E-state index in [9.17, 15) is 0 Å². The van der Waals surface area contributed by atoms with E-state index in [2.05, 4.69) is 18.8 Å². The minimum Gasteiger partial charge on any atom is -0.486 e. The molecular formula is C19H23Cl2NO2. The van der Waals surface area contributed by atoms with Gasteiger partial charge in [-0.1, -0.05) is 49.4 Å². The largest absolute Gasteiger partial charge is 0.486 e. The molecule has 0 fully saturated rings. The third kappa shape index (κ3) is 5.30. The average Bonchev–Trinajstić information content (AvgIpc) is 2.59. The van der Waals surface area contributed by atoms with Gasteiger partial charge >= 0.3 is 0 Å². The van der Waals surface area contributed by atoms with Gasteiger partial charge in [0, 0.05) is 23.0 Å². The topological polar surface area (TPSA) is 30.5 Å². The SMILES string of the molecule is C=C(/C=C\C(Cl)=C/CCl)c1cccc2c1OC(CNCCC)CO2. The summed E-state index contributed by atoms with van der Waals surface area (Å²) in [5.74, 6) is 1.86. The van der Waals surface area contributed by atoms with Gasteiger partial charge in [0.05, 0.1) is 0 Å². The van der Waals surface area contributed by atoms with E-state index in [-0.39, 0.29) is 6.10 Å². The number of fused-ring (bicyclic) bond motifs is 1. The molecule has 24 heavy (non-hydrogen) atoms. The molecule has 2 rings (SSSR count). The number of allylic oxidation sites excluding steroid dienone is 5. The average molecular weight is 368 g/mol. The smallest absolute Gasteiger partial charge is 0.169 e. The maximum atomic E-state index is 6.13. The second kappa shape index (κ2) is 9.77. The number of nitrogens with one attached hydrogen (secondary N) is 1. The fraction of sp³-hybridized carbons (Fsp3) is 0.368. The van der Waals surface area contributed by atoms with Crippen molar-refractivity contribution in [1.82, 2.24) is 5.32 Å². The Kier molecular flexibility index (Phi) is 7.70. The molecule has 0 amide bonds. The lowest BCUT2D eigenvalue weighted by Crippen LogP contribution is -2.39. The highest BCUT2D eigenvalue weighted by Gasteiger charge is 2.23. The molecule has 0 spiro atoms. The molecule has 0 bridgehead atoms. The number of alkyl halides is 1. The predicted octanol–water partition coefficient (Wildman–Crippen LogP) is 4.76. The third-order valence-electron chi connectivity index (χ3n) is 3.55. The van der Waals surface area contributed by atoms with Gasteiger partial charge in [0.15, 0.2) is 11.5 Å². The summed E-state index contributed by atoms with van der Waals surface area (Å²) in [6, 6.07) is 5.81. The van der Waals surface area contributed by atoms with Crippen LogP contribution in [0.5, 0.6) is 11.5 Å². The third-order valence-corrected chi connectivity index (χ3v) is 3.98. The summed E-state index contributed by atoms with van der Waals surface area (Å²) in [5, 5.41) is 3.94. The Morgan fingerprint density at radius 3 is 3.00 bits per heavy atom. The van der Waals surface area contributed by atoms with Crippen molar-refractivity contribution in [3.63, 3.8) is 0 Å². The van der Waals surface area contributed by atoms with E-state index in [1.165, 1.54) is 0 Å². The number of hydrogen-bond acceptors (Lipinski definition) is 3. The molecule has 1 aromatic rings. The fourth-order valence-electron chi connectivity index (χ4n) is 2.34. The number of para-hydroxylation sites is 1. The standard InChI is InChI=1S/C19H23Cl2NO2/c1-3-11-22-12-16-13-23-18-6-4-5-17(19(18)24-16)14(2)7-8-15(21)9-10-20/h4-9,16,22H,2-3,10-13H2,1H3/b8-7-,15-9+. The Labute approximate surface area is 153 Å². The summed E-state index contributed by atoms with van der Waals surface area (Å²) >= 11 is 11.7. The van der Waals surface area contributed by atoms with E-state index in [1.54, 1.807) is 12.2 Å². The first-order chi connectivity index (χ1) is 11.7. The first-order valence-electron chi connectivity index (χ1n) is 8.07. The molecule has 0 aliphatic carbocycles. The quantitative estimate of drug-likeness (QED) is 0.408. The van der Waals surface area contributed by atoms with Crippen molar-refractivity contribution in [2.24, 2.45) is 0 Å². The Hall–Kier alpha value is -1.42. The predicted molar refractivity (Wildman–Crippen MR) is 102 cm³/mol. The van der Waals surface area contributed by atoms with Gasteiger partial charge < -0.3 is 14.8 Å². The van der Waals surface area contributed by atoms with Gasteiger partial charge in [-0.25, -0.2) is 0 Å². The molecule has 1 aliphatic heterocycles. The molecule has 1 N–H and O–H groups in total. The number of hydrogen-bond donors (Lipinski definition) is 1. The lowest BCUT2D eigenvalue weighted by atomic mass is 10.0. The lowest BCUT2D eigenvalue weighted by Gasteiger charge is -2.28. The Morgan fingerprint density at radius 1 is 1.42 bits per heavy atom. The molecule has 1 unspecified atom stereocenters. The van der Waals surface area contributed by atoms with Gasteiger partial charge in [0.1, 0.15) is 12.7 Å². The van der Waals surface area contributed by atoms with Crippen LogP contribution in [0.3, 0.4) is 0 Å². The number of halogens is 2. The van der Waals surface area contributed by atoms with Crippen molar-refractivity contribution >= 4 is 28.8 Å². The van der Waals surface area contributed by atoms with Crippen molar-refractivity contribution < 1.29 is 9.47 Å². The summed E-state index contributed by atoms with van der Waals surface area (Å²) in [4.78, 5) is 0. The van der Waals surface area contributed by atoms with E-state index in [4.69, 9.17) is 32.7 Å². The molecule has 1 aliphatic rings. The zero-order chi connectivity index (χ0) is 17.4. The van der Waals surface area contributed by atoms with Crippen molar-refractivity contribution in [2.45, 2.75) is 19.4 Å². The maximum Gasteiger partial charge on any atom is 0.169 e. The second-order valence-corrected chi connectivity index (χ2v) is 6.23. The second-order valence-electron chi connectivity index (χ2n) is 5.49. The minimum atomic E-state index is -0.0123. The highest BCUT2D eigenvalue weighted by Crippen LogP contribution is 2.38. The van der Waals surface area contributed by atoms with Gasteiger partial charge in [0.25, 0.3) is 0 Å². The molecule has 130 valence electrons. The molecule has 0 saturated heterocycles. The van der Waals surface area contributed by atoms with Gasteiger partial charge in [0.2, 0.25) is 0 Å². The van der Waals surface area contributed by atoms with Crippen LogP contribution < -0.4 is 14.8 Å². The van der Waals surface area contributed by atoms with E-state index < -0.39 is 0 Å². The summed E-state index contributed by atoms with van der Waals surface area (Å²) in [6.45, 7) is 8.51. The van der Waals surface area contributed by atoms with Crippen molar-refractivity contribution in [1.29, 1.82) is 0 Å². The van der Waals surface area contributed by atoms with Gasteiger partial charge in [-0.05, 0) is 30.7 Å². The molecule has 0 aromatic heterocycles. The Balaban J connectivity index is 2.13. The zero-order valence-electron chi connectivity index (χ0n) is 13.9. The van der Waals surface area contributed by atoms with Crippen molar-refractivity contribution in [2.75, 3.05) is 25.6 Å². The first-order valence-corrected chi connectivity index (χ1v) is 8.99. The van der Waals surface area contributed by atoms with E-state index in [0.29, 0.717) is 17.5 Å². The Bertz CT molecular complexity index is 626. The first kappa shape index (κ1) is 18.9. The van der Waals surface area contributed by atoms with Crippen molar-refractivity contribution in [3.8, 4) is 11.5 Å². The molecule has 5 heteroatoms. The van der Waals surface area contributed by atoms with Gasteiger partial charge in [-0.2, -0.15) is 0 Å². The van der Waals surface area contributed by atoms with Crippen LogP contribution in [0.25, 0.3) is 5.57 Å². The highest BCUT2D eigenvalue weighted by molar-refractivity contribution is 6.32. The number of benzene rings is 1. The van der Waals surface area contributed by atoms with Crippen LogP contribution in [-0.4, -0.2) is 31.7 Å². The van der Waals surface area contributed by atoms with E-state index in [1.807, 2.05) is 24.3 Å². The molecule has 1 heterocycles. The van der Waals surface area contributed by atoms with Crippen LogP contribution in [0.2, 0.25) is 0 Å². The van der Waals surface area contributed by atoms with Crippen LogP contribution in [0.4, 0.5) is 0 Å². The van der Waals surface area contributed by atoms with Crippen LogP contribution in [-0.2, 0) is 0 Å². The van der Waals surface area contributed by atoms with Crippen LogP contribution in [0.15, 0.2) is 48.0 Å². The summed E-state index contributed by atoms with van der Waals surface area (Å²) < 4.78 is 12.0. The lowest BCUT2D eigenvalue weighted by molar-refractivity contribution is 0.0902. The molecular weight excluding hydrogens is 345 g/mol. The number of rotatable bonds is 8. The van der Waals surface area contributed by atoms with E-state index >= 15 is 0 Å². The van der Waals surface area contributed by atoms with Crippen LogP contribution in [0, 0.1) is 0 Å². The molecule has 0 saturated carbocycles. The molecule has 3 nitrogen and oxygen atoms in total. The molecule has 1 atom stereocenters. The van der Waals surface area contributed by atoms with E-state index in [0.717, 1.165) is 42.1 Å². The van der Waals surface area contributed by atoms with Crippen LogP contribution >= 0.6 is 23.2 Å². The summed E-state index contributed by atoms with van der Waals surface area (Å²) in [5.41, 5.74) is 1.71. The maximum absolute atomic E-state index is 6.13. The Morgan fingerprint density at radius 2 is 2.25 bits per heavy atom.